The lowest BCUT2D eigenvalue weighted by Gasteiger charge is -2.03. The van der Waals surface area contributed by atoms with Crippen molar-refractivity contribution < 1.29 is 9.21 Å². The molecular formula is C13H10N2O3S. The van der Waals surface area contributed by atoms with Gasteiger partial charge in [-0.2, -0.15) is 0 Å². The van der Waals surface area contributed by atoms with Crippen molar-refractivity contribution in [3.8, 4) is 0 Å². The van der Waals surface area contributed by atoms with Crippen molar-refractivity contribution >= 4 is 33.1 Å². The number of anilines is 1. The quantitative estimate of drug-likeness (QED) is 0.780. The van der Waals surface area contributed by atoms with Crippen LogP contribution >= 0.6 is 11.3 Å². The van der Waals surface area contributed by atoms with E-state index in [1.807, 2.05) is 6.07 Å². The number of hydrogen-bond donors (Lipinski definition) is 1. The molecule has 1 aromatic carbocycles. The number of nitrogens with zero attached hydrogens (tertiary/aromatic N) is 1. The van der Waals surface area contributed by atoms with Gasteiger partial charge in [0, 0.05) is 12.7 Å². The normalized spacial score (nSPS) is 10.8. The van der Waals surface area contributed by atoms with Crippen molar-refractivity contribution in [2.24, 2.45) is 7.05 Å². The summed E-state index contributed by atoms with van der Waals surface area (Å²) in [6.45, 7) is 0. The number of furan rings is 1. The molecule has 0 bridgehead atoms. The lowest BCUT2D eigenvalue weighted by molar-refractivity contribution is 0.0996. The molecular weight excluding hydrogens is 264 g/mol. The Bertz CT molecular complexity index is 799. The van der Waals surface area contributed by atoms with Gasteiger partial charge >= 0.3 is 4.87 Å². The van der Waals surface area contributed by atoms with Gasteiger partial charge < -0.3 is 14.3 Å². The van der Waals surface area contributed by atoms with Crippen LogP contribution in [-0.4, -0.2) is 10.5 Å². The Morgan fingerprint density at radius 2 is 2.21 bits per heavy atom. The Labute approximate surface area is 112 Å². The number of aryl methyl sites for hydroxylation is 1. The Morgan fingerprint density at radius 3 is 2.95 bits per heavy atom. The molecule has 96 valence electrons. The molecule has 0 saturated heterocycles. The summed E-state index contributed by atoms with van der Waals surface area (Å²) < 4.78 is 7.43. The van der Waals surface area contributed by atoms with E-state index in [2.05, 4.69) is 5.32 Å². The van der Waals surface area contributed by atoms with E-state index in [9.17, 15) is 9.59 Å². The van der Waals surface area contributed by atoms with Crippen molar-refractivity contribution in [1.82, 2.24) is 4.57 Å². The maximum Gasteiger partial charge on any atom is 0.307 e. The number of nitrogens with one attached hydrogen (secondary N) is 1. The monoisotopic (exact) mass is 274 g/mol. The number of fused-ring (bicyclic) bond motifs is 1. The van der Waals surface area contributed by atoms with Crippen LogP contribution in [-0.2, 0) is 7.05 Å². The van der Waals surface area contributed by atoms with Crippen LogP contribution in [0.15, 0.2) is 45.8 Å². The number of carbonyl (C=O) groups excluding carboxylic acids is 1. The van der Waals surface area contributed by atoms with E-state index in [-0.39, 0.29) is 16.5 Å². The van der Waals surface area contributed by atoms with Crippen molar-refractivity contribution in [2.75, 3.05) is 5.32 Å². The smallest absolute Gasteiger partial charge is 0.307 e. The van der Waals surface area contributed by atoms with Crippen molar-refractivity contribution in [3.63, 3.8) is 0 Å². The Kier molecular flexibility index (Phi) is 2.72. The third-order valence-electron chi connectivity index (χ3n) is 2.80. The highest BCUT2D eigenvalue weighted by molar-refractivity contribution is 7.16. The summed E-state index contributed by atoms with van der Waals surface area (Å²) >= 11 is 1.15. The van der Waals surface area contributed by atoms with Gasteiger partial charge in [-0.1, -0.05) is 11.3 Å². The van der Waals surface area contributed by atoms with E-state index in [0.717, 1.165) is 21.6 Å². The maximum absolute atomic E-state index is 11.8. The number of carbonyl (C=O) groups is 1. The third-order valence-corrected chi connectivity index (χ3v) is 3.79. The molecule has 3 aromatic rings. The summed E-state index contributed by atoms with van der Waals surface area (Å²) in [7, 11) is 1.72. The molecule has 0 spiro atoms. The summed E-state index contributed by atoms with van der Waals surface area (Å²) in [5, 5.41) is 2.73. The summed E-state index contributed by atoms with van der Waals surface area (Å²) in [4.78, 5) is 23.3. The molecule has 6 heteroatoms. The van der Waals surface area contributed by atoms with Crippen LogP contribution in [0.4, 0.5) is 5.69 Å². The van der Waals surface area contributed by atoms with E-state index in [1.54, 1.807) is 35.9 Å². The minimum absolute atomic E-state index is 0.0236. The number of hydrogen-bond acceptors (Lipinski definition) is 4. The van der Waals surface area contributed by atoms with E-state index < -0.39 is 0 Å². The highest BCUT2D eigenvalue weighted by atomic mass is 32.1. The number of rotatable bonds is 2. The zero-order chi connectivity index (χ0) is 13.4. The molecule has 1 N–H and O–H groups in total. The van der Waals surface area contributed by atoms with Crippen molar-refractivity contribution in [3.05, 3.63) is 52.0 Å². The highest BCUT2D eigenvalue weighted by Gasteiger charge is 2.10. The van der Waals surface area contributed by atoms with Gasteiger partial charge in [-0.05, 0) is 30.3 Å². The molecule has 5 nitrogen and oxygen atoms in total. The van der Waals surface area contributed by atoms with E-state index in [0.29, 0.717) is 5.69 Å². The predicted molar refractivity (Wildman–Crippen MR) is 73.7 cm³/mol. The molecule has 0 atom stereocenters. The summed E-state index contributed by atoms with van der Waals surface area (Å²) in [5.74, 6) is -0.0611. The van der Waals surface area contributed by atoms with Gasteiger partial charge in [-0.3, -0.25) is 9.59 Å². The summed E-state index contributed by atoms with van der Waals surface area (Å²) in [6, 6.07) is 8.60. The second-order valence-electron chi connectivity index (χ2n) is 4.04. The van der Waals surface area contributed by atoms with Gasteiger partial charge in [0.05, 0.1) is 16.5 Å². The summed E-state index contributed by atoms with van der Waals surface area (Å²) in [6.07, 6.45) is 1.45. The Balaban J connectivity index is 1.94. The SMILES string of the molecule is Cn1c(=O)sc2cc(NC(=O)c3ccco3)ccc21. The lowest BCUT2D eigenvalue weighted by atomic mass is 10.3. The molecule has 0 aliphatic heterocycles. The first-order chi connectivity index (χ1) is 9.15. The van der Waals surface area contributed by atoms with E-state index in [1.165, 1.54) is 6.26 Å². The number of thiazole rings is 1. The fourth-order valence-electron chi connectivity index (χ4n) is 1.81. The van der Waals surface area contributed by atoms with Crippen molar-refractivity contribution in [1.29, 1.82) is 0 Å². The number of benzene rings is 1. The van der Waals surface area contributed by atoms with Crippen molar-refractivity contribution in [2.45, 2.75) is 0 Å². The van der Waals surface area contributed by atoms with Crippen LogP contribution in [0.2, 0.25) is 0 Å². The molecule has 0 aliphatic rings. The first-order valence-corrected chi connectivity index (χ1v) is 6.41. The molecule has 19 heavy (non-hydrogen) atoms. The molecule has 0 radical (unpaired) electrons. The highest BCUT2D eigenvalue weighted by Crippen LogP contribution is 2.21. The fraction of sp³-hybridized carbons (Fsp3) is 0.0769. The molecule has 0 fully saturated rings. The first kappa shape index (κ1) is 11.7. The Morgan fingerprint density at radius 1 is 1.37 bits per heavy atom. The van der Waals surface area contributed by atoms with Crippen LogP contribution < -0.4 is 10.2 Å². The van der Waals surface area contributed by atoms with Gasteiger partial charge in [-0.15, -0.1) is 0 Å². The first-order valence-electron chi connectivity index (χ1n) is 5.59. The van der Waals surface area contributed by atoms with Gasteiger partial charge in [-0.25, -0.2) is 0 Å². The number of amides is 1. The molecule has 0 unspecified atom stereocenters. The zero-order valence-corrected chi connectivity index (χ0v) is 10.9. The van der Waals surface area contributed by atoms with Crippen LogP contribution in [0.25, 0.3) is 10.2 Å². The second-order valence-corrected chi connectivity index (χ2v) is 5.03. The molecule has 2 heterocycles. The van der Waals surface area contributed by atoms with Crippen LogP contribution in [0, 0.1) is 0 Å². The van der Waals surface area contributed by atoms with Crippen LogP contribution in [0.3, 0.4) is 0 Å². The molecule has 1 amide bonds. The Hall–Kier alpha value is -2.34. The van der Waals surface area contributed by atoms with E-state index >= 15 is 0 Å². The predicted octanol–water partition coefficient (Wildman–Crippen LogP) is 2.45. The minimum Gasteiger partial charge on any atom is -0.459 e. The van der Waals surface area contributed by atoms with Crippen LogP contribution in [0.1, 0.15) is 10.6 Å². The summed E-state index contributed by atoms with van der Waals surface area (Å²) in [5.41, 5.74) is 1.49. The lowest BCUT2D eigenvalue weighted by Crippen LogP contribution is -2.10. The van der Waals surface area contributed by atoms with Gasteiger partial charge in [0.1, 0.15) is 0 Å². The zero-order valence-electron chi connectivity index (χ0n) is 10.0. The van der Waals surface area contributed by atoms with E-state index in [4.69, 9.17) is 4.42 Å². The molecule has 0 saturated carbocycles. The molecule has 3 rings (SSSR count). The average molecular weight is 274 g/mol. The third kappa shape index (κ3) is 2.06. The fourth-order valence-corrected chi connectivity index (χ4v) is 2.73. The maximum atomic E-state index is 11.8. The van der Waals surface area contributed by atoms with Gasteiger partial charge in [0.25, 0.3) is 5.91 Å². The van der Waals surface area contributed by atoms with Gasteiger partial charge in [0.15, 0.2) is 5.76 Å². The number of aromatic nitrogens is 1. The molecule has 2 aromatic heterocycles. The minimum atomic E-state index is -0.312. The topological polar surface area (TPSA) is 64.2 Å². The average Bonchev–Trinajstić information content (AvgIpc) is 2.99. The standard InChI is InChI=1S/C13H10N2O3S/c1-15-9-5-4-8(7-11(9)19-13(15)17)14-12(16)10-3-2-6-18-10/h2-7H,1H3,(H,14,16). The second kappa shape index (κ2) is 4.40. The molecule has 0 aliphatic carbocycles. The largest absolute Gasteiger partial charge is 0.459 e. The van der Waals surface area contributed by atoms with Gasteiger partial charge in [0.2, 0.25) is 0 Å². The van der Waals surface area contributed by atoms with Crippen LogP contribution in [0.5, 0.6) is 0 Å².